The highest BCUT2D eigenvalue weighted by molar-refractivity contribution is 7.80. The number of hydrogen-bond donors (Lipinski definition) is 2. The first-order valence-corrected chi connectivity index (χ1v) is 9.61. The van der Waals surface area contributed by atoms with Crippen molar-refractivity contribution < 1.29 is 19.0 Å². The Morgan fingerprint density at radius 1 is 0.900 bits per heavy atom. The average Bonchev–Trinajstić information content (AvgIpc) is 2.79. The fourth-order valence-corrected chi connectivity index (χ4v) is 2.88. The molecule has 0 fully saturated rings. The van der Waals surface area contributed by atoms with Crippen LogP contribution in [0.1, 0.15) is 15.9 Å². The molecule has 154 valence electrons. The van der Waals surface area contributed by atoms with E-state index < -0.39 is 0 Å². The number of hydrogen-bond acceptors (Lipinski definition) is 5. The van der Waals surface area contributed by atoms with Gasteiger partial charge in [-0.1, -0.05) is 30.3 Å². The second kappa shape index (κ2) is 10.3. The zero-order valence-corrected chi connectivity index (χ0v) is 17.5. The smallest absolute Gasteiger partial charge is 0.257 e. The first kappa shape index (κ1) is 21.1. The predicted molar refractivity (Wildman–Crippen MR) is 120 cm³/mol. The summed E-state index contributed by atoms with van der Waals surface area (Å²) in [6, 6.07) is 22.0. The molecule has 0 aliphatic rings. The number of benzene rings is 3. The van der Waals surface area contributed by atoms with Crippen LogP contribution in [0, 0.1) is 0 Å². The van der Waals surface area contributed by atoms with Crippen molar-refractivity contribution >= 4 is 28.9 Å². The maximum absolute atomic E-state index is 12.5. The van der Waals surface area contributed by atoms with Gasteiger partial charge in [-0.2, -0.15) is 0 Å². The van der Waals surface area contributed by atoms with E-state index in [1.54, 1.807) is 56.7 Å². The number of carbonyl (C=O) groups excluding carboxylic acids is 1. The lowest BCUT2D eigenvalue weighted by molar-refractivity contribution is 0.0977. The van der Waals surface area contributed by atoms with E-state index in [1.807, 2.05) is 30.3 Å². The van der Waals surface area contributed by atoms with Crippen LogP contribution in [-0.4, -0.2) is 25.2 Å². The Morgan fingerprint density at radius 2 is 1.60 bits per heavy atom. The highest BCUT2D eigenvalue weighted by Crippen LogP contribution is 2.28. The van der Waals surface area contributed by atoms with Gasteiger partial charge in [-0.15, -0.1) is 0 Å². The van der Waals surface area contributed by atoms with E-state index in [2.05, 4.69) is 10.6 Å². The molecule has 0 spiro atoms. The zero-order chi connectivity index (χ0) is 21.3. The van der Waals surface area contributed by atoms with Crippen LogP contribution in [-0.2, 0) is 6.61 Å². The number of nitrogens with one attached hydrogen (secondary N) is 2. The Bertz CT molecular complexity index is 1010. The summed E-state index contributed by atoms with van der Waals surface area (Å²) in [5.74, 6) is 1.56. The number of ether oxygens (including phenoxy) is 3. The molecule has 0 aromatic heterocycles. The molecule has 0 saturated carbocycles. The van der Waals surface area contributed by atoms with Gasteiger partial charge < -0.3 is 19.5 Å². The first-order chi connectivity index (χ1) is 14.6. The third kappa shape index (κ3) is 5.71. The fraction of sp³-hybridized carbons (Fsp3) is 0.130. The van der Waals surface area contributed by atoms with Crippen LogP contribution in [0.2, 0.25) is 0 Å². The van der Waals surface area contributed by atoms with Crippen molar-refractivity contribution in [2.75, 3.05) is 19.5 Å². The third-order valence-corrected chi connectivity index (χ3v) is 4.45. The van der Waals surface area contributed by atoms with Gasteiger partial charge >= 0.3 is 0 Å². The van der Waals surface area contributed by atoms with Crippen molar-refractivity contribution in [1.29, 1.82) is 0 Å². The van der Waals surface area contributed by atoms with Gasteiger partial charge in [0.05, 0.1) is 19.9 Å². The van der Waals surface area contributed by atoms with Gasteiger partial charge in [0.1, 0.15) is 23.9 Å². The molecule has 3 aromatic rings. The molecular formula is C23H22N2O4S. The van der Waals surface area contributed by atoms with Crippen molar-refractivity contribution in [1.82, 2.24) is 5.32 Å². The normalized spacial score (nSPS) is 10.1. The molecule has 0 unspecified atom stereocenters. The van der Waals surface area contributed by atoms with Crippen molar-refractivity contribution in [2.45, 2.75) is 6.61 Å². The fourth-order valence-electron chi connectivity index (χ4n) is 2.67. The minimum atomic E-state index is -0.324. The van der Waals surface area contributed by atoms with Crippen LogP contribution in [0.25, 0.3) is 0 Å². The van der Waals surface area contributed by atoms with E-state index in [4.69, 9.17) is 26.4 Å². The lowest BCUT2D eigenvalue weighted by Gasteiger charge is -2.14. The third-order valence-electron chi connectivity index (χ3n) is 4.25. The summed E-state index contributed by atoms with van der Waals surface area (Å²) in [6.07, 6.45) is 0. The minimum Gasteiger partial charge on any atom is -0.497 e. The summed E-state index contributed by atoms with van der Waals surface area (Å²) in [4.78, 5) is 12.5. The van der Waals surface area contributed by atoms with E-state index in [0.29, 0.717) is 35.1 Å². The summed E-state index contributed by atoms with van der Waals surface area (Å²) >= 11 is 5.25. The maximum atomic E-state index is 12.5. The molecule has 0 bridgehead atoms. The minimum absolute atomic E-state index is 0.160. The summed E-state index contributed by atoms with van der Waals surface area (Å²) in [7, 11) is 3.12. The highest BCUT2D eigenvalue weighted by atomic mass is 32.1. The molecule has 30 heavy (non-hydrogen) atoms. The largest absolute Gasteiger partial charge is 0.497 e. The summed E-state index contributed by atoms with van der Waals surface area (Å²) < 4.78 is 16.2. The zero-order valence-electron chi connectivity index (χ0n) is 16.7. The monoisotopic (exact) mass is 422 g/mol. The average molecular weight is 423 g/mol. The molecule has 3 aromatic carbocycles. The SMILES string of the molecule is COc1ccc(NC(=S)NC(=O)c2ccc(OCc3ccccc3)cc2)c(OC)c1. The Labute approximate surface area is 180 Å². The number of methoxy groups -OCH3 is 2. The van der Waals surface area contributed by atoms with Crippen molar-refractivity contribution in [3.8, 4) is 17.2 Å². The van der Waals surface area contributed by atoms with Gasteiger partial charge in [-0.3, -0.25) is 10.1 Å². The van der Waals surface area contributed by atoms with Gasteiger partial charge in [0.2, 0.25) is 0 Å². The molecule has 0 aliphatic heterocycles. The number of anilines is 1. The highest BCUT2D eigenvalue weighted by Gasteiger charge is 2.11. The van der Waals surface area contributed by atoms with Crippen LogP contribution in [0.3, 0.4) is 0 Å². The summed E-state index contributed by atoms with van der Waals surface area (Å²) in [5.41, 5.74) is 2.16. The Balaban J connectivity index is 1.56. The Hall–Kier alpha value is -3.58. The lowest BCUT2D eigenvalue weighted by atomic mass is 10.2. The Morgan fingerprint density at radius 3 is 2.27 bits per heavy atom. The van der Waals surface area contributed by atoms with E-state index in [1.165, 1.54) is 0 Å². The number of carbonyl (C=O) groups is 1. The number of thiocarbonyl (C=S) groups is 1. The number of rotatable bonds is 7. The molecule has 0 saturated heterocycles. The molecular weight excluding hydrogens is 400 g/mol. The Kier molecular flexibility index (Phi) is 7.24. The van der Waals surface area contributed by atoms with E-state index in [9.17, 15) is 4.79 Å². The van der Waals surface area contributed by atoms with Crippen LogP contribution in [0.4, 0.5) is 5.69 Å². The topological polar surface area (TPSA) is 68.8 Å². The summed E-state index contributed by atoms with van der Waals surface area (Å²) in [6.45, 7) is 0.462. The molecule has 0 heterocycles. The van der Waals surface area contributed by atoms with Crippen LogP contribution in [0.15, 0.2) is 72.8 Å². The molecule has 0 atom stereocenters. The van der Waals surface area contributed by atoms with Crippen molar-refractivity contribution in [3.63, 3.8) is 0 Å². The van der Waals surface area contributed by atoms with Crippen molar-refractivity contribution in [2.24, 2.45) is 0 Å². The van der Waals surface area contributed by atoms with Crippen LogP contribution in [0.5, 0.6) is 17.2 Å². The molecule has 7 heteroatoms. The molecule has 1 amide bonds. The molecule has 0 radical (unpaired) electrons. The van der Waals surface area contributed by atoms with E-state index in [-0.39, 0.29) is 11.0 Å². The molecule has 2 N–H and O–H groups in total. The first-order valence-electron chi connectivity index (χ1n) is 9.20. The molecule has 6 nitrogen and oxygen atoms in total. The van der Waals surface area contributed by atoms with Gasteiger partial charge in [-0.05, 0) is 54.2 Å². The van der Waals surface area contributed by atoms with Crippen LogP contribution < -0.4 is 24.8 Å². The summed E-state index contributed by atoms with van der Waals surface area (Å²) in [5, 5.41) is 5.77. The van der Waals surface area contributed by atoms with Gasteiger partial charge in [0.15, 0.2) is 5.11 Å². The molecule has 0 aliphatic carbocycles. The van der Waals surface area contributed by atoms with Crippen LogP contribution >= 0.6 is 12.2 Å². The van der Waals surface area contributed by atoms with Crippen molar-refractivity contribution in [3.05, 3.63) is 83.9 Å². The standard InChI is InChI=1S/C23H22N2O4S/c1-27-19-12-13-20(21(14-19)28-2)24-23(30)25-22(26)17-8-10-18(11-9-17)29-15-16-6-4-3-5-7-16/h3-14H,15H2,1-2H3,(H2,24,25,26,30). The quantitative estimate of drug-likeness (QED) is 0.550. The second-order valence-electron chi connectivity index (χ2n) is 6.27. The lowest BCUT2D eigenvalue weighted by Crippen LogP contribution is -2.34. The number of amides is 1. The predicted octanol–water partition coefficient (Wildman–Crippen LogP) is 4.41. The maximum Gasteiger partial charge on any atom is 0.257 e. The van der Waals surface area contributed by atoms with Gasteiger partial charge in [-0.25, -0.2) is 0 Å². The molecule has 3 rings (SSSR count). The second-order valence-corrected chi connectivity index (χ2v) is 6.68. The van der Waals surface area contributed by atoms with E-state index in [0.717, 1.165) is 5.56 Å². The van der Waals surface area contributed by atoms with Gasteiger partial charge in [0.25, 0.3) is 5.91 Å². The van der Waals surface area contributed by atoms with E-state index >= 15 is 0 Å². The van der Waals surface area contributed by atoms with Gasteiger partial charge in [0, 0.05) is 11.6 Å².